The molecule has 0 atom stereocenters. The molecule has 1 rings (SSSR count). The van der Waals surface area contributed by atoms with Gasteiger partial charge in [0.05, 0.1) is 13.0 Å². The van der Waals surface area contributed by atoms with Crippen molar-refractivity contribution >= 4 is 11.7 Å². The first kappa shape index (κ1) is 15.1. The number of benzene rings is 1. The average Bonchev–Trinajstić information content (AvgIpc) is 2.29. The van der Waals surface area contributed by atoms with Gasteiger partial charge in [0.2, 0.25) is 5.91 Å². The molecule has 0 bridgehead atoms. The molecule has 4 nitrogen and oxygen atoms in total. The van der Waals surface area contributed by atoms with E-state index in [1.807, 2.05) is 13.8 Å². The number of halogens is 1. The second-order valence-electron chi connectivity index (χ2n) is 4.52. The van der Waals surface area contributed by atoms with Gasteiger partial charge in [-0.2, -0.15) is 0 Å². The van der Waals surface area contributed by atoms with Crippen LogP contribution in [0.25, 0.3) is 0 Å². The minimum atomic E-state index is -0.600. The smallest absolute Gasteiger partial charge is 0.223 e. The Morgan fingerprint density at radius 2 is 2.05 bits per heavy atom. The summed E-state index contributed by atoms with van der Waals surface area (Å²) in [6, 6.07) is 4.09. The highest BCUT2D eigenvalue weighted by Gasteiger charge is 2.09. The highest BCUT2D eigenvalue weighted by molar-refractivity contribution is 5.94. The standard InChI is InChI=1S/C14H18FNO3/c1-9(2)16-14(18)6-7-19-13-5-4-11(10(3)17)8-12(13)15/h4-5,8-9H,6-7H2,1-3H3,(H,16,18). The maximum absolute atomic E-state index is 13.6. The molecule has 0 spiro atoms. The Kier molecular flexibility index (Phi) is 5.48. The molecule has 0 aliphatic carbocycles. The van der Waals surface area contributed by atoms with Crippen molar-refractivity contribution in [3.8, 4) is 5.75 Å². The predicted octanol–water partition coefficient (Wildman–Crippen LogP) is 2.32. The van der Waals surface area contributed by atoms with Crippen molar-refractivity contribution in [3.63, 3.8) is 0 Å². The van der Waals surface area contributed by atoms with Crippen molar-refractivity contribution in [3.05, 3.63) is 29.6 Å². The molecular formula is C14H18FNO3. The van der Waals surface area contributed by atoms with E-state index in [1.54, 1.807) is 0 Å². The van der Waals surface area contributed by atoms with Gasteiger partial charge in [0, 0.05) is 11.6 Å². The topological polar surface area (TPSA) is 55.4 Å². The van der Waals surface area contributed by atoms with Gasteiger partial charge >= 0.3 is 0 Å². The van der Waals surface area contributed by atoms with Gasteiger partial charge < -0.3 is 10.1 Å². The monoisotopic (exact) mass is 267 g/mol. The lowest BCUT2D eigenvalue weighted by molar-refractivity contribution is -0.122. The maximum Gasteiger partial charge on any atom is 0.223 e. The molecule has 0 aliphatic rings. The molecule has 0 saturated heterocycles. The second kappa shape index (κ2) is 6.87. The molecule has 104 valence electrons. The number of ketones is 1. The van der Waals surface area contributed by atoms with Crippen LogP contribution < -0.4 is 10.1 Å². The van der Waals surface area contributed by atoms with Crippen molar-refractivity contribution in [2.45, 2.75) is 33.2 Å². The van der Waals surface area contributed by atoms with Crippen molar-refractivity contribution in [2.24, 2.45) is 0 Å². The number of rotatable bonds is 6. The summed E-state index contributed by atoms with van der Waals surface area (Å²) in [5.41, 5.74) is 0.294. The van der Waals surface area contributed by atoms with E-state index in [9.17, 15) is 14.0 Å². The van der Waals surface area contributed by atoms with Crippen LogP contribution in [0.4, 0.5) is 4.39 Å². The van der Waals surface area contributed by atoms with Crippen molar-refractivity contribution in [2.75, 3.05) is 6.61 Å². The molecule has 1 N–H and O–H groups in total. The van der Waals surface area contributed by atoms with Crippen molar-refractivity contribution in [1.82, 2.24) is 5.32 Å². The van der Waals surface area contributed by atoms with Crippen LogP contribution in [0.3, 0.4) is 0 Å². The van der Waals surface area contributed by atoms with Crippen molar-refractivity contribution in [1.29, 1.82) is 0 Å². The fourth-order valence-corrected chi connectivity index (χ4v) is 1.48. The number of Topliss-reactive ketones (excluding diaryl/α,β-unsaturated/α-hetero) is 1. The third kappa shape index (κ3) is 5.07. The average molecular weight is 267 g/mol. The zero-order valence-electron chi connectivity index (χ0n) is 11.3. The highest BCUT2D eigenvalue weighted by atomic mass is 19.1. The number of carbonyl (C=O) groups excluding carboxylic acids is 2. The van der Waals surface area contributed by atoms with E-state index in [2.05, 4.69) is 5.32 Å². The maximum atomic E-state index is 13.6. The molecule has 5 heteroatoms. The Bertz CT molecular complexity index is 472. The molecule has 0 aromatic heterocycles. The highest BCUT2D eigenvalue weighted by Crippen LogP contribution is 2.18. The first-order valence-electron chi connectivity index (χ1n) is 6.12. The summed E-state index contributed by atoms with van der Waals surface area (Å²) < 4.78 is 18.7. The summed E-state index contributed by atoms with van der Waals surface area (Å²) in [4.78, 5) is 22.4. The van der Waals surface area contributed by atoms with E-state index in [1.165, 1.54) is 19.1 Å². The first-order valence-corrected chi connectivity index (χ1v) is 6.12. The normalized spacial score (nSPS) is 10.4. The van der Waals surface area contributed by atoms with Crippen LogP contribution in [-0.4, -0.2) is 24.3 Å². The van der Waals surface area contributed by atoms with Crippen LogP contribution in [-0.2, 0) is 4.79 Å². The van der Waals surface area contributed by atoms with Gasteiger partial charge in [-0.05, 0) is 39.0 Å². The van der Waals surface area contributed by atoms with Crippen LogP contribution >= 0.6 is 0 Å². The second-order valence-corrected chi connectivity index (χ2v) is 4.52. The van der Waals surface area contributed by atoms with E-state index in [0.29, 0.717) is 5.56 Å². The Balaban J connectivity index is 2.50. The van der Waals surface area contributed by atoms with Crippen LogP contribution in [0.2, 0.25) is 0 Å². The van der Waals surface area contributed by atoms with E-state index >= 15 is 0 Å². The summed E-state index contributed by atoms with van der Waals surface area (Å²) >= 11 is 0. The third-order valence-electron chi connectivity index (χ3n) is 2.37. The summed E-state index contributed by atoms with van der Waals surface area (Å²) in [6.07, 6.45) is 0.159. The lowest BCUT2D eigenvalue weighted by atomic mass is 10.1. The van der Waals surface area contributed by atoms with Gasteiger partial charge in [0.25, 0.3) is 0 Å². The predicted molar refractivity (Wildman–Crippen MR) is 69.8 cm³/mol. The SMILES string of the molecule is CC(=O)c1ccc(OCCC(=O)NC(C)C)c(F)c1. The van der Waals surface area contributed by atoms with Gasteiger partial charge in [-0.1, -0.05) is 0 Å². The lowest BCUT2D eigenvalue weighted by Gasteiger charge is -2.10. The summed E-state index contributed by atoms with van der Waals surface area (Å²) in [7, 11) is 0. The van der Waals surface area contributed by atoms with Gasteiger partial charge in [-0.25, -0.2) is 4.39 Å². The van der Waals surface area contributed by atoms with Gasteiger partial charge in [0.1, 0.15) is 0 Å². The quantitative estimate of drug-likeness (QED) is 0.805. The Morgan fingerprint density at radius 1 is 1.37 bits per heavy atom. The number of nitrogens with one attached hydrogen (secondary N) is 1. The van der Waals surface area contributed by atoms with Crippen LogP contribution in [0, 0.1) is 5.82 Å². The molecule has 1 aromatic rings. The molecule has 1 amide bonds. The van der Waals surface area contributed by atoms with E-state index in [4.69, 9.17) is 4.74 Å². The molecule has 1 aromatic carbocycles. The minimum Gasteiger partial charge on any atom is -0.490 e. The molecule has 19 heavy (non-hydrogen) atoms. The number of hydrogen-bond acceptors (Lipinski definition) is 3. The number of hydrogen-bond donors (Lipinski definition) is 1. The minimum absolute atomic E-state index is 0.0438. The Labute approximate surface area is 112 Å². The van der Waals surface area contributed by atoms with Gasteiger partial charge in [-0.15, -0.1) is 0 Å². The van der Waals surface area contributed by atoms with Crippen LogP contribution in [0.1, 0.15) is 37.6 Å². The molecular weight excluding hydrogens is 249 g/mol. The molecule has 0 radical (unpaired) electrons. The Hall–Kier alpha value is -1.91. The van der Waals surface area contributed by atoms with Gasteiger partial charge in [0.15, 0.2) is 17.3 Å². The van der Waals surface area contributed by atoms with Crippen molar-refractivity contribution < 1.29 is 18.7 Å². The molecule has 0 aliphatic heterocycles. The molecule has 0 saturated carbocycles. The number of carbonyl (C=O) groups is 2. The number of ether oxygens (including phenoxy) is 1. The lowest BCUT2D eigenvalue weighted by Crippen LogP contribution is -2.31. The zero-order chi connectivity index (χ0) is 14.4. The van der Waals surface area contributed by atoms with Crippen LogP contribution in [0.5, 0.6) is 5.75 Å². The van der Waals surface area contributed by atoms with E-state index in [-0.39, 0.29) is 36.5 Å². The fraction of sp³-hybridized carbons (Fsp3) is 0.429. The molecule has 0 unspecified atom stereocenters. The van der Waals surface area contributed by atoms with Gasteiger partial charge in [-0.3, -0.25) is 9.59 Å². The summed E-state index contributed by atoms with van der Waals surface area (Å²) in [6.45, 7) is 5.18. The number of amides is 1. The molecule has 0 heterocycles. The third-order valence-corrected chi connectivity index (χ3v) is 2.37. The summed E-state index contributed by atoms with van der Waals surface area (Å²) in [5, 5.41) is 2.71. The summed E-state index contributed by atoms with van der Waals surface area (Å²) in [5.74, 6) is -0.906. The first-order chi connectivity index (χ1) is 8.90. The Morgan fingerprint density at radius 3 is 2.58 bits per heavy atom. The largest absolute Gasteiger partial charge is 0.490 e. The fourth-order valence-electron chi connectivity index (χ4n) is 1.48. The zero-order valence-corrected chi connectivity index (χ0v) is 11.3. The van der Waals surface area contributed by atoms with E-state index < -0.39 is 5.82 Å². The van der Waals surface area contributed by atoms with E-state index in [0.717, 1.165) is 6.07 Å². The van der Waals surface area contributed by atoms with Crippen LogP contribution in [0.15, 0.2) is 18.2 Å². The molecule has 0 fully saturated rings.